The zero-order valence-corrected chi connectivity index (χ0v) is 15.2. The summed E-state index contributed by atoms with van der Waals surface area (Å²) in [5.74, 6) is 0.750. The zero-order chi connectivity index (χ0) is 18.3. The van der Waals surface area contributed by atoms with E-state index in [9.17, 15) is 23.7 Å². The molecule has 0 aromatic carbocycles. The third kappa shape index (κ3) is 7.01. The van der Waals surface area contributed by atoms with Crippen LogP contribution in [0.3, 0.4) is 0 Å². The highest BCUT2D eigenvalue weighted by Gasteiger charge is 2.44. The number of hydrogen-bond donors (Lipinski definition) is 5. The first-order valence-electron chi connectivity index (χ1n) is 6.88. The summed E-state index contributed by atoms with van der Waals surface area (Å²) in [5, 5.41) is 42.0. The topological polar surface area (TPSA) is 166 Å². The predicted octanol–water partition coefficient (Wildman–Crippen LogP) is -1.20. The van der Waals surface area contributed by atoms with Crippen molar-refractivity contribution in [2.24, 2.45) is 5.16 Å². The van der Waals surface area contributed by atoms with Crippen molar-refractivity contribution in [2.45, 2.75) is 42.7 Å². The van der Waals surface area contributed by atoms with Crippen molar-refractivity contribution in [3.05, 3.63) is 0 Å². The van der Waals surface area contributed by atoms with Gasteiger partial charge in [-0.05, 0) is 18.4 Å². The molecule has 1 fully saturated rings. The summed E-state index contributed by atoms with van der Waals surface area (Å²) in [6.07, 6.45) is -2.86. The maximum atomic E-state index is 10.6. The van der Waals surface area contributed by atoms with Crippen LogP contribution in [0.4, 0.5) is 0 Å². The highest BCUT2D eigenvalue weighted by atomic mass is 32.3. The van der Waals surface area contributed by atoms with Gasteiger partial charge in [0.2, 0.25) is 0 Å². The summed E-state index contributed by atoms with van der Waals surface area (Å²) in [5.41, 5.74) is -1.11. The molecule has 1 rings (SSSR count). The van der Waals surface area contributed by atoms with Gasteiger partial charge in [-0.1, -0.05) is 16.9 Å². The number of oxime groups is 1. The molecule has 1 saturated heterocycles. The summed E-state index contributed by atoms with van der Waals surface area (Å²) < 4.78 is 39.2. The standard InChI is InChI=1S/C11H21NO9S3/c1-22-4-2-3-7(12-21-24(17,18)19)23-11-10(16)9(15)8(14)6(5-13)20-11/h6,8-11,13-16H,2-5H2,1H3,(H,17,18,19)/b12-7+/t6-,8-,9+,10-,11+/m1/s1. The average molecular weight is 407 g/mol. The van der Waals surface area contributed by atoms with E-state index in [0.29, 0.717) is 6.42 Å². The molecule has 5 N–H and O–H groups in total. The highest BCUT2D eigenvalue weighted by Crippen LogP contribution is 2.30. The van der Waals surface area contributed by atoms with Crippen molar-refractivity contribution in [1.29, 1.82) is 0 Å². The van der Waals surface area contributed by atoms with Gasteiger partial charge in [0.1, 0.15) is 34.9 Å². The number of aliphatic hydroxyl groups excluding tert-OH is 4. The van der Waals surface area contributed by atoms with Gasteiger partial charge in [0, 0.05) is 6.42 Å². The first-order valence-corrected chi connectivity index (χ1v) is 10.5. The van der Waals surface area contributed by atoms with Gasteiger partial charge in [-0.15, -0.1) is 0 Å². The molecular formula is C11H21NO9S3. The van der Waals surface area contributed by atoms with E-state index in [1.165, 1.54) is 0 Å². The summed E-state index contributed by atoms with van der Waals surface area (Å²) in [6.45, 7) is -0.581. The quantitative estimate of drug-likeness (QED) is 0.108. The number of aliphatic hydroxyl groups is 4. The first-order chi connectivity index (χ1) is 11.2. The van der Waals surface area contributed by atoms with Crippen LogP contribution in [0.1, 0.15) is 12.8 Å². The average Bonchev–Trinajstić information content (AvgIpc) is 2.52. The van der Waals surface area contributed by atoms with Crippen LogP contribution >= 0.6 is 23.5 Å². The first kappa shape index (κ1) is 21.9. The lowest BCUT2D eigenvalue weighted by Crippen LogP contribution is -2.57. The van der Waals surface area contributed by atoms with E-state index in [2.05, 4.69) is 9.44 Å². The molecule has 0 radical (unpaired) electrons. The smallest absolute Gasteiger partial charge is 0.394 e. The van der Waals surface area contributed by atoms with Crippen molar-refractivity contribution >= 4 is 39.0 Å². The van der Waals surface area contributed by atoms with Crippen LogP contribution in [0, 0.1) is 0 Å². The lowest BCUT2D eigenvalue weighted by molar-refractivity contribution is -0.205. The minimum absolute atomic E-state index is 0.103. The normalized spacial score (nSPS) is 31.9. The van der Waals surface area contributed by atoms with Gasteiger partial charge in [0.15, 0.2) is 0 Å². The van der Waals surface area contributed by atoms with Crippen molar-refractivity contribution in [3.63, 3.8) is 0 Å². The minimum Gasteiger partial charge on any atom is -0.394 e. The van der Waals surface area contributed by atoms with E-state index in [1.807, 2.05) is 6.26 Å². The van der Waals surface area contributed by atoms with Crippen molar-refractivity contribution in [2.75, 3.05) is 18.6 Å². The highest BCUT2D eigenvalue weighted by molar-refractivity contribution is 8.14. The van der Waals surface area contributed by atoms with E-state index in [1.54, 1.807) is 11.8 Å². The van der Waals surface area contributed by atoms with Crippen molar-refractivity contribution in [1.82, 2.24) is 0 Å². The van der Waals surface area contributed by atoms with Crippen LogP contribution in [-0.4, -0.2) is 86.9 Å². The lowest BCUT2D eigenvalue weighted by atomic mass is 10.0. The van der Waals surface area contributed by atoms with Crippen LogP contribution in [0.5, 0.6) is 0 Å². The second kappa shape index (κ2) is 10.1. The molecule has 0 amide bonds. The molecule has 0 unspecified atom stereocenters. The number of thioether (sulfide) groups is 2. The third-order valence-electron chi connectivity index (χ3n) is 3.07. The van der Waals surface area contributed by atoms with Crippen LogP contribution < -0.4 is 0 Å². The predicted molar refractivity (Wildman–Crippen MR) is 89.0 cm³/mol. The van der Waals surface area contributed by atoms with Gasteiger partial charge >= 0.3 is 10.4 Å². The molecular weight excluding hydrogens is 386 g/mol. The maximum absolute atomic E-state index is 10.6. The molecule has 10 nitrogen and oxygen atoms in total. The van der Waals surface area contributed by atoms with Crippen LogP contribution in [0.15, 0.2) is 5.16 Å². The second-order valence-corrected chi connectivity index (χ2v) is 8.06. The molecule has 0 aromatic heterocycles. The fourth-order valence-corrected chi connectivity index (χ4v) is 3.65. The van der Waals surface area contributed by atoms with Crippen LogP contribution in [0.2, 0.25) is 0 Å². The van der Waals surface area contributed by atoms with Gasteiger partial charge in [0.05, 0.1) is 6.61 Å². The van der Waals surface area contributed by atoms with Gasteiger partial charge < -0.3 is 25.2 Å². The van der Waals surface area contributed by atoms with Crippen molar-refractivity contribution in [3.8, 4) is 0 Å². The Morgan fingerprint density at radius 3 is 2.46 bits per heavy atom. The molecule has 1 aliphatic heterocycles. The Balaban J connectivity index is 2.82. The van der Waals surface area contributed by atoms with Crippen molar-refractivity contribution < 1.29 is 42.4 Å². The fraction of sp³-hybridized carbons (Fsp3) is 0.909. The summed E-state index contributed by atoms with van der Waals surface area (Å²) >= 11 is 2.33. The van der Waals surface area contributed by atoms with Gasteiger partial charge in [-0.3, -0.25) is 4.55 Å². The molecule has 0 bridgehead atoms. The second-order valence-electron chi connectivity index (χ2n) is 4.90. The van der Waals surface area contributed by atoms with Crippen LogP contribution in [0.25, 0.3) is 0 Å². The Morgan fingerprint density at radius 1 is 1.25 bits per heavy atom. The van der Waals surface area contributed by atoms with Gasteiger partial charge in [-0.25, -0.2) is 4.28 Å². The Hall–Kier alpha value is -0.120. The van der Waals surface area contributed by atoms with E-state index in [4.69, 9.17) is 14.4 Å². The molecule has 142 valence electrons. The molecule has 1 aliphatic rings. The maximum Gasteiger partial charge on any atom is 0.466 e. The third-order valence-corrected chi connectivity index (χ3v) is 5.21. The number of hydrogen-bond acceptors (Lipinski definition) is 11. The summed E-state index contributed by atoms with van der Waals surface area (Å²) in [6, 6.07) is 0. The minimum atomic E-state index is -4.78. The largest absolute Gasteiger partial charge is 0.466 e. The molecule has 1 heterocycles. The number of rotatable bonds is 8. The molecule has 0 saturated carbocycles. The lowest BCUT2D eigenvalue weighted by Gasteiger charge is -2.39. The van der Waals surface area contributed by atoms with Gasteiger partial charge in [-0.2, -0.15) is 20.2 Å². The fourth-order valence-electron chi connectivity index (χ4n) is 1.88. The Bertz CT molecular complexity index is 513. The van der Waals surface area contributed by atoms with E-state index in [0.717, 1.165) is 17.5 Å². The zero-order valence-electron chi connectivity index (χ0n) is 12.8. The summed E-state index contributed by atoms with van der Waals surface area (Å²) in [7, 11) is -4.78. The molecule has 13 heteroatoms. The SMILES string of the molecule is CSCCC/C(=N\OS(=O)(=O)O)S[C@@H]1O[C@H](CO)[C@@H](O)[C@H](O)[C@H]1O. The molecule has 24 heavy (non-hydrogen) atoms. The molecule has 0 spiro atoms. The Morgan fingerprint density at radius 2 is 1.92 bits per heavy atom. The molecule has 0 aromatic rings. The Labute approximate surface area is 148 Å². The van der Waals surface area contributed by atoms with Gasteiger partial charge in [0.25, 0.3) is 0 Å². The summed E-state index contributed by atoms with van der Waals surface area (Å²) in [4.78, 5) is 0. The Kier molecular flexibility index (Phi) is 9.25. The molecule has 0 aliphatic carbocycles. The monoisotopic (exact) mass is 407 g/mol. The number of ether oxygens (including phenoxy) is 1. The van der Waals surface area contributed by atoms with E-state index < -0.39 is 46.9 Å². The van der Waals surface area contributed by atoms with E-state index in [-0.39, 0.29) is 11.5 Å². The van der Waals surface area contributed by atoms with E-state index >= 15 is 0 Å². The molecule has 5 atom stereocenters. The van der Waals surface area contributed by atoms with Crippen LogP contribution in [-0.2, 0) is 19.4 Å². The number of nitrogens with zero attached hydrogens (tertiary/aromatic N) is 1.